The van der Waals surface area contributed by atoms with Crippen LogP contribution in [0.25, 0.3) is 17.2 Å². The first-order chi connectivity index (χ1) is 18.5. The van der Waals surface area contributed by atoms with Crippen LogP contribution in [0.1, 0.15) is 70.6 Å². The maximum atomic E-state index is 4.41. The Morgan fingerprint density at radius 2 is 1.77 bits per heavy atom. The Morgan fingerprint density at radius 1 is 1.07 bits per heavy atom. The molecule has 1 heteroatoms. The molecule has 1 atom stereocenters. The summed E-state index contributed by atoms with van der Waals surface area (Å²) in [6.07, 6.45) is 24.6. The number of rotatable bonds is 9. The molecule has 2 aromatic carbocycles. The Morgan fingerprint density at radius 3 is 2.40 bits per heavy atom. The van der Waals surface area contributed by atoms with E-state index in [2.05, 4.69) is 133 Å². The van der Waals surface area contributed by atoms with Crippen LogP contribution in [-0.4, -0.2) is 0 Å². The van der Waals surface area contributed by atoms with Gasteiger partial charge in [0.15, 0.2) is 0 Å². The summed E-state index contributed by atoms with van der Waals surface area (Å²) >= 11 is 0. The normalized spacial score (nSPS) is 14.6. The Bertz CT molecular complexity index is 1170. The molecule has 0 aromatic heterocycles. The second kappa shape index (κ2) is 24.5. The Kier molecular flexibility index (Phi) is 24.4. The molecule has 0 nitrogen and oxygen atoms in total. The van der Waals surface area contributed by atoms with E-state index >= 15 is 0 Å². The van der Waals surface area contributed by atoms with E-state index in [-0.39, 0.29) is 47.8 Å². The van der Waals surface area contributed by atoms with Crippen molar-refractivity contribution in [3.05, 3.63) is 165 Å². The molecule has 0 saturated heterocycles. The van der Waals surface area contributed by atoms with Crippen molar-refractivity contribution >= 4 is 17.2 Å². The van der Waals surface area contributed by atoms with Crippen LogP contribution in [0, 0.1) is 66.7 Å². The van der Waals surface area contributed by atoms with E-state index < -0.39 is 0 Å². The summed E-state index contributed by atoms with van der Waals surface area (Å²) in [6.45, 7) is 21.5. The molecule has 0 fully saturated rings. The van der Waals surface area contributed by atoms with Crippen molar-refractivity contribution in [2.24, 2.45) is 5.92 Å². The third-order valence-corrected chi connectivity index (χ3v) is 6.26. The van der Waals surface area contributed by atoms with Crippen LogP contribution in [0.3, 0.4) is 0 Å². The predicted molar refractivity (Wildman–Crippen MR) is 180 cm³/mol. The van der Waals surface area contributed by atoms with E-state index in [9.17, 15) is 0 Å². The van der Waals surface area contributed by atoms with Crippen LogP contribution in [0.2, 0.25) is 0 Å². The largest absolute Gasteiger partial charge is 0.358 e. The average molecular weight is 663 g/mol. The first kappa shape index (κ1) is 39.8. The Balaban J connectivity index is 0. The van der Waals surface area contributed by atoms with E-state index in [0.717, 1.165) is 30.4 Å². The van der Waals surface area contributed by atoms with Crippen molar-refractivity contribution < 1.29 is 40.4 Å². The Hall–Kier alpha value is -2.30. The standard InChI is InChI=1S/C22H26.C14H15.C2H5.CH3.Pm/c1-4-6-7-13-20-15-9-11-17-22(20)18(3)21-16-10-8-14-19(21)12-5-2;1-4-5-9-12(2)13(3)14-10-7-6-8-11-14;1-2;;/h5-12,14,16-17,20H,3-4,13,15H2,1-2H3;4-10H,1H2,2-3H3;1H2,2H3;1H3;/q;3*-1;/b7-6?,12-5-;9-5-,13-12+;;;. The molecule has 0 saturated carbocycles. The van der Waals surface area contributed by atoms with E-state index in [1.165, 1.54) is 27.8 Å². The molecule has 1 unspecified atom stereocenters. The molecule has 0 aliphatic heterocycles. The quantitative estimate of drug-likeness (QED) is 0.142. The summed E-state index contributed by atoms with van der Waals surface area (Å²) in [6, 6.07) is 19.7. The summed E-state index contributed by atoms with van der Waals surface area (Å²) in [5.41, 5.74) is 8.67. The molecular formula is C39H49Pm-3. The molecule has 0 N–H and O–H groups in total. The molecule has 0 bridgehead atoms. The van der Waals surface area contributed by atoms with Crippen molar-refractivity contribution in [2.45, 2.75) is 53.9 Å². The van der Waals surface area contributed by atoms with Crippen LogP contribution in [-0.2, 0) is 0 Å². The second-order valence-corrected chi connectivity index (χ2v) is 8.84. The van der Waals surface area contributed by atoms with Gasteiger partial charge >= 0.3 is 0 Å². The molecule has 0 spiro atoms. The SMILES string of the molecule is C=C(C1=CC=CCC1CC=CCC)c1ccccc1/C=C\C.C=C/C=C\C(C)=C(/C)c1[c-]cccc1.[CH2-]C.[CH3-].[Pm]. The van der Waals surface area contributed by atoms with Gasteiger partial charge in [0.1, 0.15) is 0 Å². The van der Waals surface area contributed by atoms with Crippen LogP contribution >= 0.6 is 0 Å². The molecule has 3 rings (SSSR count). The molecule has 0 amide bonds. The molecule has 1 aliphatic rings. The fourth-order valence-corrected chi connectivity index (χ4v) is 4.10. The zero-order valence-electron chi connectivity index (χ0n) is 25.7. The van der Waals surface area contributed by atoms with Gasteiger partial charge in [-0.05, 0) is 61.3 Å². The van der Waals surface area contributed by atoms with E-state index in [1.807, 2.05) is 24.3 Å². The van der Waals surface area contributed by atoms with Crippen LogP contribution in [0.5, 0.6) is 0 Å². The topological polar surface area (TPSA) is 0 Å². The summed E-state index contributed by atoms with van der Waals surface area (Å²) in [7, 11) is 0. The minimum atomic E-state index is 0. The third kappa shape index (κ3) is 13.9. The summed E-state index contributed by atoms with van der Waals surface area (Å²) in [5, 5.41) is 0. The third-order valence-electron chi connectivity index (χ3n) is 6.26. The van der Waals surface area contributed by atoms with Gasteiger partial charge in [0, 0.05) is 40.4 Å². The van der Waals surface area contributed by atoms with E-state index in [4.69, 9.17) is 0 Å². The van der Waals surface area contributed by atoms with Gasteiger partial charge < -0.3 is 14.4 Å². The minimum absolute atomic E-state index is 0. The maximum Gasteiger partial charge on any atom is 0 e. The van der Waals surface area contributed by atoms with Crippen molar-refractivity contribution in [1.29, 1.82) is 0 Å². The zero-order valence-corrected chi connectivity index (χ0v) is 28.5. The van der Waals surface area contributed by atoms with Gasteiger partial charge in [-0.15, -0.1) is 41.5 Å². The fourth-order valence-electron chi connectivity index (χ4n) is 4.10. The molecule has 2 aromatic rings. The molecule has 0 heterocycles. The predicted octanol–water partition coefficient (Wildman–Crippen LogP) is 11.9. The van der Waals surface area contributed by atoms with Gasteiger partial charge in [0.05, 0.1) is 0 Å². The van der Waals surface area contributed by atoms with Crippen molar-refractivity contribution in [3.63, 3.8) is 0 Å². The van der Waals surface area contributed by atoms with Gasteiger partial charge in [-0.2, -0.15) is 6.92 Å². The summed E-state index contributed by atoms with van der Waals surface area (Å²) in [4.78, 5) is 0. The zero-order chi connectivity index (χ0) is 28.2. The van der Waals surface area contributed by atoms with Gasteiger partial charge in [0.25, 0.3) is 0 Å². The average Bonchev–Trinajstić information content (AvgIpc) is 2.98. The van der Waals surface area contributed by atoms with Gasteiger partial charge in [-0.25, -0.2) is 0 Å². The minimum Gasteiger partial charge on any atom is -0.358 e. The molecule has 40 heavy (non-hydrogen) atoms. The number of hydrogen-bond donors (Lipinski definition) is 0. The van der Waals surface area contributed by atoms with Gasteiger partial charge in [-0.1, -0.05) is 118 Å². The summed E-state index contributed by atoms with van der Waals surface area (Å²) < 4.78 is 0. The molecule has 1 radical (unpaired) electrons. The van der Waals surface area contributed by atoms with Gasteiger partial charge in [-0.3, -0.25) is 0 Å². The number of allylic oxidation sites excluding steroid dienone is 13. The summed E-state index contributed by atoms with van der Waals surface area (Å²) in [5.74, 6) is 0.541. The van der Waals surface area contributed by atoms with Gasteiger partial charge in [0.2, 0.25) is 0 Å². The van der Waals surface area contributed by atoms with Crippen molar-refractivity contribution in [2.75, 3.05) is 0 Å². The smallest absolute Gasteiger partial charge is 0 e. The maximum absolute atomic E-state index is 4.41. The van der Waals surface area contributed by atoms with Crippen LogP contribution in [0.4, 0.5) is 0 Å². The monoisotopic (exact) mass is 662 g/mol. The molecule has 213 valence electrons. The first-order valence-electron chi connectivity index (χ1n) is 13.6. The van der Waals surface area contributed by atoms with E-state index in [1.54, 1.807) is 13.0 Å². The van der Waals surface area contributed by atoms with Crippen molar-refractivity contribution in [1.82, 2.24) is 0 Å². The number of hydrogen-bond acceptors (Lipinski definition) is 0. The second-order valence-electron chi connectivity index (χ2n) is 8.84. The Labute approximate surface area is 279 Å². The van der Waals surface area contributed by atoms with Crippen LogP contribution in [0.15, 0.2) is 128 Å². The van der Waals surface area contributed by atoms with Crippen LogP contribution < -0.4 is 0 Å². The number of benzene rings is 2. The van der Waals surface area contributed by atoms with E-state index in [0.29, 0.717) is 5.92 Å². The fraction of sp³-hybridized carbons (Fsp3) is 0.231. The van der Waals surface area contributed by atoms with Crippen molar-refractivity contribution in [3.8, 4) is 0 Å². The molecular weight excluding hydrogens is 613 g/mol. The molecule has 1 aliphatic carbocycles. The first-order valence-corrected chi connectivity index (χ1v) is 13.6.